The fraction of sp³-hybridized carbons (Fsp3) is 0.462. The van der Waals surface area contributed by atoms with E-state index < -0.39 is 129 Å². The van der Waals surface area contributed by atoms with Crippen LogP contribution in [0.25, 0.3) is 0 Å². The quantitative estimate of drug-likeness (QED) is 0.0119. The van der Waals surface area contributed by atoms with Gasteiger partial charge < -0.3 is 44.2 Å². The molecule has 0 radical (unpaired) electrons. The van der Waals surface area contributed by atoms with Gasteiger partial charge in [-0.25, -0.2) is 0 Å². The van der Waals surface area contributed by atoms with E-state index in [1.165, 1.54) is 17.0 Å². The van der Waals surface area contributed by atoms with Crippen molar-refractivity contribution in [1.29, 1.82) is 0 Å². The zero-order chi connectivity index (χ0) is 58.1. The van der Waals surface area contributed by atoms with Crippen LogP contribution in [0.15, 0.2) is 89.9 Å². The van der Waals surface area contributed by atoms with E-state index in [9.17, 15) is 51.0 Å². The average molecular weight is 1160 g/mol. The van der Waals surface area contributed by atoms with Gasteiger partial charge in [0, 0.05) is 13.1 Å². The number of ether oxygens (including phenoxy) is 1. The maximum absolute atomic E-state index is 14.5. The van der Waals surface area contributed by atoms with Gasteiger partial charge in [-0.3, -0.25) is 29.0 Å². The first-order chi connectivity index (χ1) is 37.6. The van der Waals surface area contributed by atoms with Crippen LogP contribution in [0.3, 0.4) is 0 Å². The second-order valence-electron chi connectivity index (χ2n) is 18.9. The molecule has 0 saturated carbocycles. The normalized spacial score (nSPS) is 16.0. The molecule has 0 spiro atoms. The zero-order valence-electron chi connectivity index (χ0n) is 44.2. The predicted molar refractivity (Wildman–Crippen MR) is 292 cm³/mol. The first-order valence-electron chi connectivity index (χ1n) is 26.0. The summed E-state index contributed by atoms with van der Waals surface area (Å²) < 4.78 is 33.5. The Kier molecular flexibility index (Phi) is 26.0. The molecule has 430 valence electrons. The summed E-state index contributed by atoms with van der Waals surface area (Å²) in [4.78, 5) is 128. The molecule has 1 aliphatic rings. The van der Waals surface area contributed by atoms with Crippen LogP contribution in [0, 0.1) is 0 Å². The summed E-state index contributed by atoms with van der Waals surface area (Å²) >= 11 is -5.23. The summed E-state index contributed by atoms with van der Waals surface area (Å²) in [7, 11) is 0. The van der Waals surface area contributed by atoms with Crippen LogP contribution >= 0.6 is 0 Å². The Labute approximate surface area is 460 Å². The summed E-state index contributed by atoms with van der Waals surface area (Å²) in [6, 6.07) is 13.0. The number of primary amides is 3. The molecule has 1 saturated heterocycles. The summed E-state index contributed by atoms with van der Waals surface area (Å²) in [5.41, 5.74) is 34.3. The van der Waals surface area contributed by atoms with Crippen molar-refractivity contribution >= 4 is 77.5 Å². The van der Waals surface area contributed by atoms with Gasteiger partial charge >= 0.3 is 277 Å². The second-order valence-corrected chi connectivity index (χ2v) is 22.9. The third-order valence-corrected chi connectivity index (χ3v) is 16.2. The number of aliphatic imine (C=N–C) groups is 1. The number of carbonyl (C=O) groups is 9. The molecular formula is C52H75AsN14O12. The average Bonchev–Trinajstić information content (AvgIpc) is 3.95. The van der Waals surface area contributed by atoms with Gasteiger partial charge in [0.2, 0.25) is 23.6 Å². The van der Waals surface area contributed by atoms with Gasteiger partial charge in [-0.05, 0) is 51.5 Å². The molecule has 4 rings (SSSR count). The topological polar surface area (TPSA) is 444 Å². The van der Waals surface area contributed by atoms with E-state index in [0.29, 0.717) is 49.2 Å². The Hall–Kier alpha value is -7.80. The van der Waals surface area contributed by atoms with Crippen molar-refractivity contribution in [3.8, 4) is 5.75 Å². The molecule has 3 aromatic carbocycles. The molecule has 0 bridgehead atoms. The molecule has 1 aliphatic heterocycles. The molecule has 1 heterocycles. The van der Waals surface area contributed by atoms with Gasteiger partial charge in [0.15, 0.2) is 5.96 Å². The van der Waals surface area contributed by atoms with Gasteiger partial charge in [-0.15, -0.1) is 0 Å². The van der Waals surface area contributed by atoms with E-state index in [4.69, 9.17) is 39.1 Å². The number of guanidine groups is 1. The number of nitrogens with zero attached hydrogens (tertiary/aromatic N) is 2. The molecule has 9 amide bonds. The van der Waals surface area contributed by atoms with Crippen molar-refractivity contribution in [2.45, 2.75) is 126 Å². The Balaban J connectivity index is 1.60. The van der Waals surface area contributed by atoms with Gasteiger partial charge in [0.05, 0.1) is 0 Å². The van der Waals surface area contributed by atoms with E-state index in [0.717, 1.165) is 0 Å². The standard InChI is InChI=1S/C52H75AsN14O12/c1-2-79-35-22-20-33(21-23-35)30-41(66-53(77,78)34-15-7-4-8-16-34)49(74)64-39(29-32-13-5-3-6-14-32)47(72)62-37(24-25-43(55)68)46(71)65-40(31-44(56)69)48(73)63-38(17-9-10-26-54)51(76)67-28-12-19-42(67)50(75)61-36(45(57)70)18-11-27-60-52(58)59/h3-8,13-16,20-23,36-42H,2,9-12,17-19,24-31,54H2,1H3,(H2,55,68)(H2,56,69)(H2,57,70)(H,61,75)(H,62,72)(H,63,73)(H,64,74)(H,65,71)(H4,58,59,60)(H2,66,77,78)/t36-,37-,38-,39-,40-,41+,42-/m0/s1. The number of nitrogens with one attached hydrogen (secondary N) is 6. The fourth-order valence-corrected chi connectivity index (χ4v) is 11.5. The first kappa shape index (κ1) is 63.7. The molecular weight excluding hydrogens is 1090 g/mol. The minimum atomic E-state index is -5.23. The fourth-order valence-electron chi connectivity index (χ4n) is 8.66. The van der Waals surface area contributed by atoms with Gasteiger partial charge in [0.25, 0.3) is 0 Å². The Morgan fingerprint density at radius 2 is 1.22 bits per heavy atom. The van der Waals surface area contributed by atoms with Crippen molar-refractivity contribution in [3.63, 3.8) is 0 Å². The second kappa shape index (κ2) is 32.2. The molecule has 0 aromatic heterocycles. The van der Waals surface area contributed by atoms with Crippen molar-refractivity contribution in [1.82, 2.24) is 35.7 Å². The third-order valence-electron chi connectivity index (χ3n) is 12.7. The summed E-state index contributed by atoms with van der Waals surface area (Å²) in [6.07, 6.45) is -0.290. The van der Waals surface area contributed by atoms with Crippen molar-refractivity contribution in [2.75, 3.05) is 26.2 Å². The summed E-state index contributed by atoms with van der Waals surface area (Å²) in [5.74, 6) is -7.67. The van der Waals surface area contributed by atoms with Crippen LogP contribution in [-0.2, 0) is 59.7 Å². The molecule has 3 aromatic rings. The Morgan fingerprint density at radius 1 is 0.658 bits per heavy atom. The van der Waals surface area contributed by atoms with Crippen LogP contribution in [0.5, 0.6) is 5.75 Å². The van der Waals surface area contributed by atoms with Crippen LogP contribution in [0.2, 0.25) is 0 Å². The number of amides is 9. The van der Waals surface area contributed by atoms with Crippen LogP contribution in [-0.4, -0.2) is 151 Å². The molecule has 26 nitrogen and oxygen atoms in total. The Morgan fingerprint density at radius 3 is 1.82 bits per heavy atom. The number of hydrogen-bond acceptors (Lipinski definition) is 13. The van der Waals surface area contributed by atoms with Gasteiger partial charge in [-0.1, -0.05) is 0 Å². The van der Waals surface area contributed by atoms with E-state index in [2.05, 4.69) is 35.8 Å². The number of nitrogens with two attached hydrogens (primary N) is 6. The van der Waals surface area contributed by atoms with Gasteiger partial charge in [0.1, 0.15) is 18.1 Å². The SMILES string of the molecule is CCOc1ccc(C[C@@H](N[As](=O)(O)c2ccccc2)C(=O)N[C@@H](Cc2ccccc2)C(=O)N[C@@H](CCC(N)=O)C(=O)N[C@@H](CC(N)=O)C(=O)N[C@@H](CCCCN)C(=O)N2CCC[C@H]2C(=O)N[C@@H](CCCN=C(N)N)C(N)=O)cc1. The molecule has 19 N–H and O–H groups in total. The molecule has 0 aliphatic carbocycles. The number of hydrogen-bond donors (Lipinski definition) is 13. The monoisotopic (exact) mass is 1160 g/mol. The first-order valence-corrected chi connectivity index (χ1v) is 29.5. The van der Waals surface area contributed by atoms with E-state index in [1.54, 1.807) is 72.8 Å². The number of rotatable bonds is 34. The van der Waals surface area contributed by atoms with Crippen molar-refractivity contribution in [3.05, 3.63) is 96.1 Å². The number of likely N-dealkylation sites (tertiary alicyclic amines) is 1. The number of benzene rings is 3. The summed E-state index contributed by atoms with van der Waals surface area (Å²) in [5, 5.41) is 12.9. The summed E-state index contributed by atoms with van der Waals surface area (Å²) in [6.45, 7) is 2.71. The molecule has 79 heavy (non-hydrogen) atoms. The van der Waals surface area contributed by atoms with Gasteiger partial charge in [-0.2, -0.15) is 0 Å². The van der Waals surface area contributed by atoms with Crippen molar-refractivity contribution in [2.24, 2.45) is 39.4 Å². The number of unbranched alkanes of at least 4 members (excludes halogenated alkanes) is 1. The molecule has 1 unspecified atom stereocenters. The van der Waals surface area contributed by atoms with Crippen molar-refractivity contribution < 1.29 is 55.7 Å². The van der Waals surface area contributed by atoms with E-state index in [1.807, 2.05) is 6.92 Å². The van der Waals surface area contributed by atoms with Crippen LogP contribution in [0.1, 0.15) is 82.3 Å². The van der Waals surface area contributed by atoms with E-state index >= 15 is 0 Å². The van der Waals surface area contributed by atoms with Crippen LogP contribution < -0.4 is 74.3 Å². The molecule has 1 fully saturated rings. The van der Waals surface area contributed by atoms with Crippen LogP contribution in [0.4, 0.5) is 0 Å². The third kappa shape index (κ3) is 21.5. The molecule has 27 heteroatoms. The van der Waals surface area contributed by atoms with E-state index in [-0.39, 0.29) is 62.0 Å². The Bertz CT molecular complexity index is 2630. The molecule has 8 atom stereocenters. The predicted octanol–water partition coefficient (Wildman–Crippen LogP) is -3.68. The maximum atomic E-state index is 14.5. The minimum absolute atomic E-state index is 0.00398. The number of carbonyl (C=O) groups excluding carboxylic acids is 9. The zero-order valence-corrected chi connectivity index (χ0v) is 46.1.